The molecule has 0 saturated carbocycles. The van der Waals surface area contributed by atoms with Crippen molar-refractivity contribution in [2.24, 2.45) is 7.05 Å². The smallest absolute Gasteiger partial charge is 0.352 e. The lowest BCUT2D eigenvalue weighted by Crippen LogP contribution is -2.43. The number of aryl methyl sites for hydroxylation is 6. The largest absolute Gasteiger partial charge is 0.494 e. The van der Waals surface area contributed by atoms with Gasteiger partial charge >= 0.3 is 5.97 Å². The number of carbonyl (C=O) groups is 2. The van der Waals surface area contributed by atoms with Gasteiger partial charge in [-0.15, -0.1) is 0 Å². The molecule has 1 N–H and O–H groups in total. The minimum absolute atomic E-state index is 0.126. The zero-order valence-corrected chi connectivity index (χ0v) is 34.6. The number of benzene rings is 3. The maximum atomic E-state index is 15.4. The Balaban J connectivity index is 1.28. The van der Waals surface area contributed by atoms with Crippen LogP contribution in [-0.4, -0.2) is 54.0 Å². The number of para-hydroxylation sites is 1. The van der Waals surface area contributed by atoms with Gasteiger partial charge in [-0.2, -0.15) is 5.10 Å². The second-order valence-electron chi connectivity index (χ2n) is 15.2. The maximum absolute atomic E-state index is 15.4. The van der Waals surface area contributed by atoms with Gasteiger partial charge in [-0.1, -0.05) is 41.4 Å². The number of aromatic nitrogens is 5. The molecule has 57 heavy (non-hydrogen) atoms. The van der Waals surface area contributed by atoms with Crippen molar-refractivity contribution in [2.75, 3.05) is 18.1 Å². The van der Waals surface area contributed by atoms with Crippen LogP contribution in [0.15, 0.2) is 66.9 Å². The van der Waals surface area contributed by atoms with Crippen LogP contribution in [-0.2, 0) is 20.0 Å². The van der Waals surface area contributed by atoms with E-state index in [1.807, 2.05) is 106 Å². The molecule has 1 amide bonds. The molecule has 0 saturated heterocycles. The van der Waals surface area contributed by atoms with Crippen LogP contribution in [0.5, 0.6) is 5.75 Å². The monoisotopic (exact) mass is 802 g/mol. The van der Waals surface area contributed by atoms with Crippen LogP contribution in [0.2, 0.25) is 10.0 Å². The third-order valence-electron chi connectivity index (χ3n) is 11.3. The summed E-state index contributed by atoms with van der Waals surface area (Å²) in [4.78, 5) is 34.4. The lowest BCUT2D eigenvalue weighted by molar-refractivity contribution is 0.0686. The number of hydrogen-bond acceptors (Lipinski definition) is 5. The van der Waals surface area contributed by atoms with E-state index in [1.165, 1.54) is 0 Å². The van der Waals surface area contributed by atoms with Crippen LogP contribution in [0, 0.1) is 34.6 Å². The quantitative estimate of drug-likeness (QED) is 0.138. The molecule has 1 aliphatic rings. The number of carboxylic acid groups (broad SMARTS) is 1. The Labute approximate surface area is 341 Å². The van der Waals surface area contributed by atoms with Crippen LogP contribution < -0.4 is 9.64 Å². The van der Waals surface area contributed by atoms with Gasteiger partial charge in [-0.05, 0) is 119 Å². The Morgan fingerprint density at radius 1 is 0.965 bits per heavy atom. The third-order valence-corrected chi connectivity index (χ3v) is 12.2. The van der Waals surface area contributed by atoms with Gasteiger partial charge in [0.15, 0.2) is 0 Å². The lowest BCUT2D eigenvalue weighted by Gasteiger charge is -2.35. The molecule has 1 aliphatic heterocycles. The number of ether oxygens (including phenoxy) is 1. The van der Waals surface area contributed by atoms with Crippen LogP contribution in [0.3, 0.4) is 0 Å². The van der Waals surface area contributed by atoms with Crippen molar-refractivity contribution in [1.82, 2.24) is 23.9 Å². The molecule has 292 valence electrons. The second kappa shape index (κ2) is 14.7. The van der Waals surface area contributed by atoms with Gasteiger partial charge in [0.2, 0.25) is 0 Å². The molecule has 3 aromatic carbocycles. The summed E-state index contributed by atoms with van der Waals surface area (Å²) in [6.45, 7) is 13.1. The Hall–Kier alpha value is -5.58. The van der Waals surface area contributed by atoms with E-state index in [0.29, 0.717) is 47.9 Å². The molecule has 7 aromatic rings. The summed E-state index contributed by atoms with van der Waals surface area (Å²) in [7, 11) is 1.92. The number of amides is 1. The molecule has 8 rings (SSSR count). The van der Waals surface area contributed by atoms with E-state index in [2.05, 4.69) is 16.5 Å². The van der Waals surface area contributed by atoms with Crippen molar-refractivity contribution in [2.45, 2.75) is 67.0 Å². The summed E-state index contributed by atoms with van der Waals surface area (Å²) in [6.07, 6.45) is 2.93. The van der Waals surface area contributed by atoms with E-state index < -0.39 is 5.97 Å². The first-order valence-electron chi connectivity index (χ1n) is 19.1. The number of rotatable bonds is 10. The van der Waals surface area contributed by atoms with E-state index in [-0.39, 0.29) is 24.2 Å². The number of halogens is 2. The summed E-state index contributed by atoms with van der Waals surface area (Å²) in [6, 6.07) is 18.9. The molecular formula is C45H44Cl2N6O4. The minimum atomic E-state index is -1.05. The van der Waals surface area contributed by atoms with Crippen LogP contribution in [0.1, 0.15) is 79.7 Å². The van der Waals surface area contributed by atoms with E-state index in [0.717, 1.165) is 77.5 Å². The molecule has 0 fully saturated rings. The van der Waals surface area contributed by atoms with Crippen molar-refractivity contribution in [3.63, 3.8) is 0 Å². The zero-order valence-electron chi connectivity index (χ0n) is 33.1. The van der Waals surface area contributed by atoms with Gasteiger partial charge in [-0.25, -0.2) is 4.79 Å². The standard InChI is InChI=1S/C45H44Cl2N6O4/c1-24-15-16-48-31(18-24)23-51-37(45(55)56)21-30-10-8-12-36(41(30)51)52-22-27(4)53-42-34(13-14-35(46)39(42)38-28(5)49-50(7)29(38)6)33(43(53)44(52)54)11-9-17-57-32-19-25(2)40(47)26(3)20-32/h8,10,12-16,18-21,27H,9,11,17,22-23H2,1-7H3,(H,55,56)/t27-/m1/s1. The highest BCUT2D eigenvalue weighted by atomic mass is 35.5. The third kappa shape index (κ3) is 6.54. The number of carbonyl (C=O) groups excluding carboxylic acids is 1. The highest BCUT2D eigenvalue weighted by Gasteiger charge is 2.38. The number of fused-ring (bicyclic) bond motifs is 4. The molecule has 0 aliphatic carbocycles. The number of anilines is 1. The van der Waals surface area contributed by atoms with E-state index in [9.17, 15) is 9.90 Å². The average Bonchev–Trinajstić information content (AvgIpc) is 3.79. The minimum Gasteiger partial charge on any atom is -0.494 e. The highest BCUT2D eigenvalue weighted by Crippen LogP contribution is 2.46. The van der Waals surface area contributed by atoms with Crippen molar-refractivity contribution >= 4 is 62.6 Å². The normalized spacial score (nSPS) is 14.2. The Bertz CT molecular complexity index is 2760. The number of hydrogen-bond donors (Lipinski definition) is 1. The number of carboxylic acids is 1. The number of pyridine rings is 1. The summed E-state index contributed by atoms with van der Waals surface area (Å²) >= 11 is 13.6. The molecule has 12 heteroatoms. The zero-order chi connectivity index (χ0) is 40.4. The van der Waals surface area contributed by atoms with Crippen LogP contribution >= 0.6 is 23.2 Å². The summed E-state index contributed by atoms with van der Waals surface area (Å²) in [5, 5.41) is 18.1. The number of nitrogens with zero attached hydrogens (tertiary/aromatic N) is 6. The fourth-order valence-electron chi connectivity index (χ4n) is 8.65. The Morgan fingerprint density at radius 2 is 1.72 bits per heavy atom. The molecule has 0 radical (unpaired) electrons. The first-order chi connectivity index (χ1) is 27.2. The lowest BCUT2D eigenvalue weighted by atomic mass is 9.98. The van der Waals surface area contributed by atoms with Gasteiger partial charge in [0.25, 0.3) is 5.91 Å². The van der Waals surface area contributed by atoms with Gasteiger partial charge < -0.3 is 23.9 Å². The van der Waals surface area contributed by atoms with E-state index in [4.69, 9.17) is 33.0 Å². The first kappa shape index (κ1) is 38.3. The fraction of sp³-hybridized carbons (Fsp3) is 0.289. The van der Waals surface area contributed by atoms with E-state index in [1.54, 1.807) is 16.8 Å². The van der Waals surface area contributed by atoms with Crippen molar-refractivity contribution < 1.29 is 19.4 Å². The van der Waals surface area contributed by atoms with Gasteiger partial charge in [0.05, 0.1) is 46.3 Å². The Morgan fingerprint density at radius 3 is 2.40 bits per heavy atom. The second-order valence-corrected chi connectivity index (χ2v) is 16.0. The molecular weight excluding hydrogens is 759 g/mol. The maximum Gasteiger partial charge on any atom is 0.352 e. The molecule has 5 heterocycles. The molecule has 4 aromatic heterocycles. The van der Waals surface area contributed by atoms with Gasteiger partial charge in [-0.3, -0.25) is 14.5 Å². The van der Waals surface area contributed by atoms with Gasteiger partial charge in [0, 0.05) is 58.4 Å². The molecule has 0 spiro atoms. The van der Waals surface area contributed by atoms with Crippen LogP contribution in [0.4, 0.5) is 5.69 Å². The Kier molecular flexibility index (Phi) is 9.90. The predicted octanol–water partition coefficient (Wildman–Crippen LogP) is 10.2. The summed E-state index contributed by atoms with van der Waals surface area (Å²) in [5.74, 6) is -0.470. The van der Waals surface area contributed by atoms with E-state index >= 15 is 4.79 Å². The average molecular weight is 804 g/mol. The molecule has 1 atom stereocenters. The molecule has 0 bridgehead atoms. The fourth-order valence-corrected chi connectivity index (χ4v) is 9.00. The highest BCUT2D eigenvalue weighted by molar-refractivity contribution is 6.35. The summed E-state index contributed by atoms with van der Waals surface area (Å²) in [5.41, 5.74) is 11.1. The van der Waals surface area contributed by atoms with Crippen molar-refractivity contribution in [3.8, 4) is 16.9 Å². The SMILES string of the molecule is Cc1ccnc(Cn2c(C(=O)O)cc3cccc(N4C[C@@H](C)n5c(c(CCCOc6cc(C)c(Cl)c(C)c6)c6ccc(Cl)c(-c7c(C)nn(C)c7C)c65)C4=O)c32)c1. The molecule has 10 nitrogen and oxygen atoms in total. The topological polar surface area (TPSA) is 107 Å². The van der Waals surface area contributed by atoms with Gasteiger partial charge in [0.1, 0.15) is 17.1 Å². The predicted molar refractivity (Wildman–Crippen MR) is 227 cm³/mol. The first-order valence-corrected chi connectivity index (χ1v) is 19.8. The summed E-state index contributed by atoms with van der Waals surface area (Å²) < 4.78 is 12.0. The van der Waals surface area contributed by atoms with Crippen molar-refractivity contribution in [1.29, 1.82) is 0 Å². The van der Waals surface area contributed by atoms with Crippen molar-refractivity contribution in [3.05, 3.63) is 128 Å². The number of aromatic carboxylic acids is 1. The molecule has 0 unspecified atom stereocenters. The van der Waals surface area contributed by atoms with Crippen LogP contribution in [0.25, 0.3) is 32.9 Å².